The van der Waals surface area contributed by atoms with E-state index >= 15 is 0 Å². The molecule has 3 heterocycles. The Hall–Kier alpha value is -2.86. The third-order valence-corrected chi connectivity index (χ3v) is 7.25. The van der Waals surface area contributed by atoms with Crippen LogP contribution in [0.15, 0.2) is 42.5 Å². The fourth-order valence-corrected chi connectivity index (χ4v) is 5.18. The Labute approximate surface area is 196 Å². The number of nitrogens with one attached hydrogen (secondary N) is 2. The number of fused-ring (bicyclic) bond motifs is 1. The zero-order valence-corrected chi connectivity index (χ0v) is 19.8. The number of hydrogen-bond acceptors (Lipinski definition) is 4. The standard InChI is InChI=1S/C27H35N5O/c1-19-3-6-21(7-4-19)17-31-12-9-22(18-31)16-28-26(33)23-10-13-32(14-11-23)27-29-24-8-5-20(2)15-25(24)30-27/h3-8,15,22-23H,9-14,16-18H2,1-2H3,(H,28,33)(H,29,30). The molecule has 0 saturated carbocycles. The number of aryl methyl sites for hydroxylation is 2. The Balaban J connectivity index is 1.06. The molecular weight excluding hydrogens is 410 g/mol. The summed E-state index contributed by atoms with van der Waals surface area (Å²) in [4.78, 5) is 25.8. The molecule has 1 atom stereocenters. The minimum absolute atomic E-state index is 0.109. The minimum Gasteiger partial charge on any atom is -0.356 e. The molecule has 0 bridgehead atoms. The average Bonchev–Trinajstić information content (AvgIpc) is 3.45. The zero-order valence-electron chi connectivity index (χ0n) is 19.8. The number of aromatic amines is 1. The molecule has 2 fully saturated rings. The first-order valence-electron chi connectivity index (χ1n) is 12.3. The third kappa shape index (κ3) is 5.22. The molecule has 0 radical (unpaired) electrons. The van der Waals surface area contributed by atoms with Crippen LogP contribution in [0.25, 0.3) is 11.0 Å². The van der Waals surface area contributed by atoms with Crippen LogP contribution in [-0.2, 0) is 11.3 Å². The molecule has 2 aliphatic rings. The normalized spacial score (nSPS) is 19.9. The number of anilines is 1. The lowest BCUT2D eigenvalue weighted by molar-refractivity contribution is -0.125. The zero-order chi connectivity index (χ0) is 22.8. The molecule has 2 aromatic carbocycles. The lowest BCUT2D eigenvalue weighted by Gasteiger charge is -2.31. The summed E-state index contributed by atoms with van der Waals surface area (Å²) in [5, 5.41) is 3.26. The number of likely N-dealkylation sites (tertiary alicyclic amines) is 1. The van der Waals surface area contributed by atoms with Gasteiger partial charge >= 0.3 is 0 Å². The molecule has 2 saturated heterocycles. The number of carbonyl (C=O) groups excluding carboxylic acids is 1. The second-order valence-corrected chi connectivity index (χ2v) is 9.96. The van der Waals surface area contributed by atoms with Crippen LogP contribution in [0, 0.1) is 25.7 Å². The molecule has 1 unspecified atom stereocenters. The van der Waals surface area contributed by atoms with E-state index in [1.165, 1.54) is 16.7 Å². The van der Waals surface area contributed by atoms with Gasteiger partial charge in [-0.2, -0.15) is 0 Å². The molecule has 1 amide bonds. The van der Waals surface area contributed by atoms with Crippen molar-refractivity contribution in [3.63, 3.8) is 0 Å². The first-order chi connectivity index (χ1) is 16.0. The van der Waals surface area contributed by atoms with Gasteiger partial charge in [0.1, 0.15) is 0 Å². The van der Waals surface area contributed by atoms with Crippen LogP contribution in [0.1, 0.15) is 36.0 Å². The van der Waals surface area contributed by atoms with Gasteiger partial charge in [0.05, 0.1) is 11.0 Å². The van der Waals surface area contributed by atoms with Crippen molar-refractivity contribution in [2.75, 3.05) is 37.6 Å². The predicted molar refractivity (Wildman–Crippen MR) is 133 cm³/mol. The first kappa shape index (κ1) is 22.0. The van der Waals surface area contributed by atoms with E-state index < -0.39 is 0 Å². The van der Waals surface area contributed by atoms with E-state index in [9.17, 15) is 4.79 Å². The molecule has 6 heteroatoms. The number of benzene rings is 2. The molecule has 2 aliphatic heterocycles. The van der Waals surface area contributed by atoms with Crippen molar-refractivity contribution in [2.45, 2.75) is 39.7 Å². The monoisotopic (exact) mass is 445 g/mol. The summed E-state index contributed by atoms with van der Waals surface area (Å²) in [5.41, 5.74) is 5.99. The van der Waals surface area contributed by atoms with Gasteiger partial charge in [-0.05, 0) is 68.8 Å². The number of aromatic nitrogens is 2. The molecule has 2 N–H and O–H groups in total. The van der Waals surface area contributed by atoms with Crippen molar-refractivity contribution in [3.8, 4) is 0 Å². The Morgan fingerprint density at radius 3 is 2.58 bits per heavy atom. The number of nitrogens with zero attached hydrogens (tertiary/aromatic N) is 3. The van der Waals surface area contributed by atoms with Crippen LogP contribution in [0.2, 0.25) is 0 Å². The molecular formula is C27H35N5O. The van der Waals surface area contributed by atoms with Gasteiger partial charge in [0.15, 0.2) is 0 Å². The summed E-state index contributed by atoms with van der Waals surface area (Å²) in [7, 11) is 0. The van der Waals surface area contributed by atoms with Gasteiger partial charge < -0.3 is 15.2 Å². The Kier molecular flexibility index (Phi) is 6.36. The van der Waals surface area contributed by atoms with Crippen molar-refractivity contribution < 1.29 is 4.79 Å². The number of piperidine rings is 1. The van der Waals surface area contributed by atoms with Crippen molar-refractivity contribution in [1.82, 2.24) is 20.2 Å². The van der Waals surface area contributed by atoms with Crippen LogP contribution >= 0.6 is 0 Å². The van der Waals surface area contributed by atoms with Crippen LogP contribution in [-0.4, -0.2) is 53.5 Å². The van der Waals surface area contributed by atoms with Gasteiger partial charge in [-0.1, -0.05) is 35.9 Å². The molecule has 6 nitrogen and oxygen atoms in total. The van der Waals surface area contributed by atoms with Crippen molar-refractivity contribution in [2.24, 2.45) is 11.8 Å². The topological polar surface area (TPSA) is 64.3 Å². The number of amides is 1. The summed E-state index contributed by atoms with van der Waals surface area (Å²) in [6, 6.07) is 15.1. The first-order valence-corrected chi connectivity index (χ1v) is 12.3. The van der Waals surface area contributed by atoms with E-state index in [2.05, 4.69) is 76.4 Å². The summed E-state index contributed by atoms with van der Waals surface area (Å²) in [5.74, 6) is 1.82. The summed E-state index contributed by atoms with van der Waals surface area (Å²) in [6.45, 7) is 9.94. The molecule has 1 aromatic heterocycles. The molecule has 174 valence electrons. The smallest absolute Gasteiger partial charge is 0.223 e. The van der Waals surface area contributed by atoms with E-state index in [4.69, 9.17) is 4.98 Å². The van der Waals surface area contributed by atoms with Crippen molar-refractivity contribution in [1.29, 1.82) is 0 Å². The second kappa shape index (κ2) is 9.56. The SMILES string of the molecule is Cc1ccc(CN2CCC(CNC(=O)C3CCN(c4nc5ccc(C)cc5[nH]4)CC3)C2)cc1. The second-order valence-electron chi connectivity index (χ2n) is 9.96. The van der Waals surface area contributed by atoms with Gasteiger partial charge in [-0.3, -0.25) is 9.69 Å². The van der Waals surface area contributed by atoms with Crippen molar-refractivity contribution >= 4 is 22.9 Å². The maximum atomic E-state index is 12.8. The van der Waals surface area contributed by atoms with Crippen molar-refractivity contribution in [3.05, 3.63) is 59.2 Å². The summed E-state index contributed by atoms with van der Waals surface area (Å²) in [6.07, 6.45) is 2.92. The van der Waals surface area contributed by atoms with Gasteiger partial charge in [0.2, 0.25) is 11.9 Å². The van der Waals surface area contributed by atoms with Crippen LogP contribution in [0.3, 0.4) is 0 Å². The Morgan fingerprint density at radius 2 is 1.79 bits per heavy atom. The van der Waals surface area contributed by atoms with Crippen LogP contribution < -0.4 is 10.2 Å². The number of H-pyrrole nitrogens is 1. The summed E-state index contributed by atoms with van der Waals surface area (Å²) < 4.78 is 0. The third-order valence-electron chi connectivity index (χ3n) is 7.25. The highest BCUT2D eigenvalue weighted by atomic mass is 16.1. The highest BCUT2D eigenvalue weighted by Crippen LogP contribution is 2.25. The Morgan fingerprint density at radius 1 is 1.03 bits per heavy atom. The highest BCUT2D eigenvalue weighted by molar-refractivity contribution is 5.80. The molecule has 0 aliphatic carbocycles. The van der Waals surface area contributed by atoms with Crippen LogP contribution in [0.5, 0.6) is 0 Å². The van der Waals surface area contributed by atoms with Gasteiger partial charge in [0.25, 0.3) is 0 Å². The van der Waals surface area contributed by atoms with E-state index in [0.29, 0.717) is 5.92 Å². The number of hydrogen-bond donors (Lipinski definition) is 2. The predicted octanol–water partition coefficient (Wildman–Crippen LogP) is 4.03. The van der Waals surface area contributed by atoms with Gasteiger partial charge in [-0.15, -0.1) is 0 Å². The molecule has 33 heavy (non-hydrogen) atoms. The largest absolute Gasteiger partial charge is 0.356 e. The number of rotatable bonds is 6. The van der Waals surface area contributed by atoms with Crippen LogP contribution in [0.4, 0.5) is 5.95 Å². The van der Waals surface area contributed by atoms with E-state index in [1.807, 2.05) is 0 Å². The fraction of sp³-hybridized carbons (Fsp3) is 0.481. The minimum atomic E-state index is 0.109. The lowest BCUT2D eigenvalue weighted by Crippen LogP contribution is -2.42. The fourth-order valence-electron chi connectivity index (χ4n) is 5.18. The number of carbonyl (C=O) groups is 1. The maximum absolute atomic E-state index is 12.8. The molecule has 0 spiro atoms. The van der Waals surface area contributed by atoms with E-state index in [1.54, 1.807) is 0 Å². The number of imidazole rings is 1. The summed E-state index contributed by atoms with van der Waals surface area (Å²) >= 11 is 0. The molecule has 5 rings (SSSR count). The maximum Gasteiger partial charge on any atom is 0.223 e. The quantitative estimate of drug-likeness (QED) is 0.601. The highest BCUT2D eigenvalue weighted by Gasteiger charge is 2.28. The van der Waals surface area contributed by atoms with Gasteiger partial charge in [-0.25, -0.2) is 4.98 Å². The van der Waals surface area contributed by atoms with E-state index in [0.717, 1.165) is 75.5 Å². The lowest BCUT2D eigenvalue weighted by atomic mass is 9.96. The van der Waals surface area contributed by atoms with Gasteiger partial charge in [0, 0.05) is 38.6 Å². The average molecular weight is 446 g/mol. The van der Waals surface area contributed by atoms with E-state index in [-0.39, 0.29) is 11.8 Å². The Bertz CT molecular complexity index is 1100. The molecule has 3 aromatic rings.